The fraction of sp³-hybridized carbons (Fsp3) is 0.438. The number of hydrogen-bond donors (Lipinski definition) is 1. The Morgan fingerprint density at radius 2 is 2.08 bits per heavy atom. The van der Waals surface area contributed by atoms with Gasteiger partial charge in [0.15, 0.2) is 6.10 Å². The van der Waals surface area contributed by atoms with Gasteiger partial charge in [0.25, 0.3) is 0 Å². The maximum absolute atomic E-state index is 11.9. The minimum absolute atomic E-state index is 0.116. The van der Waals surface area contributed by atoms with Crippen LogP contribution in [0, 0.1) is 0 Å². The number of benzene rings is 1. The van der Waals surface area contributed by atoms with E-state index in [-0.39, 0.29) is 28.6 Å². The van der Waals surface area contributed by atoms with Gasteiger partial charge in [-0.3, -0.25) is 4.90 Å². The second kappa shape index (κ2) is 6.15. The van der Waals surface area contributed by atoms with Crippen molar-refractivity contribution in [2.24, 2.45) is 5.14 Å². The summed E-state index contributed by atoms with van der Waals surface area (Å²) in [4.78, 5) is 13.6. The van der Waals surface area contributed by atoms with Crippen molar-refractivity contribution in [1.82, 2.24) is 4.90 Å². The van der Waals surface area contributed by atoms with Gasteiger partial charge in [0.1, 0.15) is 16.6 Å². The van der Waals surface area contributed by atoms with Crippen molar-refractivity contribution in [1.29, 1.82) is 0 Å². The topological polar surface area (TPSA) is 98.9 Å². The van der Waals surface area contributed by atoms with Gasteiger partial charge in [-0.1, -0.05) is 0 Å². The molecular weight excluding hydrogens is 364 g/mol. The maximum Gasteiger partial charge on any atom is 0.410 e. The highest BCUT2D eigenvalue weighted by atomic mass is 32.2. The third-order valence-corrected chi connectivity index (χ3v) is 6.39. The van der Waals surface area contributed by atoms with Gasteiger partial charge in [-0.2, -0.15) is 0 Å². The molecule has 0 radical (unpaired) electrons. The molecule has 0 saturated carbocycles. The molecule has 2 N–H and O–H groups in total. The zero-order chi connectivity index (χ0) is 18.4. The van der Waals surface area contributed by atoms with Crippen molar-refractivity contribution in [3.8, 4) is 5.75 Å². The van der Waals surface area contributed by atoms with E-state index in [2.05, 4.69) is 0 Å². The maximum atomic E-state index is 11.9. The lowest BCUT2D eigenvalue weighted by molar-refractivity contribution is 0.0994. The van der Waals surface area contributed by atoms with E-state index in [0.29, 0.717) is 12.3 Å². The summed E-state index contributed by atoms with van der Waals surface area (Å²) in [7, 11) is -3.71. The monoisotopic (exact) mass is 384 g/mol. The molecular formula is C16H20N2O5S2. The number of primary sulfonamides is 1. The van der Waals surface area contributed by atoms with Crippen molar-refractivity contribution >= 4 is 37.5 Å². The molecule has 0 bridgehead atoms. The fourth-order valence-corrected chi connectivity index (χ4v) is 4.41. The summed E-state index contributed by atoms with van der Waals surface area (Å²) < 4.78 is 34.8. The number of sulfonamides is 1. The van der Waals surface area contributed by atoms with Crippen molar-refractivity contribution in [3.05, 3.63) is 24.3 Å². The Morgan fingerprint density at radius 3 is 2.68 bits per heavy atom. The van der Waals surface area contributed by atoms with Crippen molar-refractivity contribution in [2.75, 3.05) is 13.2 Å². The molecule has 2 aromatic rings. The van der Waals surface area contributed by atoms with E-state index in [1.165, 1.54) is 0 Å². The Kier molecular flexibility index (Phi) is 4.42. The van der Waals surface area contributed by atoms with Crippen molar-refractivity contribution in [3.63, 3.8) is 0 Å². The van der Waals surface area contributed by atoms with Gasteiger partial charge in [0.2, 0.25) is 10.0 Å². The van der Waals surface area contributed by atoms with Crippen LogP contribution in [-0.4, -0.2) is 44.2 Å². The Balaban J connectivity index is 1.69. The highest BCUT2D eigenvalue weighted by Gasteiger charge is 2.38. The molecule has 0 spiro atoms. The lowest BCUT2D eigenvalue weighted by Crippen LogP contribution is -2.42. The van der Waals surface area contributed by atoms with E-state index in [0.717, 1.165) is 21.4 Å². The van der Waals surface area contributed by atoms with Crippen LogP contribution in [0.2, 0.25) is 0 Å². The lowest BCUT2D eigenvalue weighted by Gasteiger charge is -2.29. The molecule has 1 aromatic heterocycles. The number of cyclic esters (lactones) is 1. The number of ether oxygens (including phenoxy) is 2. The van der Waals surface area contributed by atoms with E-state index in [1.54, 1.807) is 29.2 Å². The largest absolute Gasteiger partial charge is 0.490 e. The molecule has 1 aliphatic heterocycles. The third kappa shape index (κ3) is 3.88. The normalized spacial score (nSPS) is 18.6. The summed E-state index contributed by atoms with van der Waals surface area (Å²) in [6.07, 6.45) is -0.682. The standard InChI is InChI=1S/C16H20N2O5S2/c1-16(2,3)18-8-12(23-15(18)19)9-22-11-5-4-10-6-14(25(17,20)21)24-13(10)7-11/h4-7,12H,8-9H2,1-3H3,(H2,17,20,21)/t12-/m0/s1. The molecule has 0 unspecified atom stereocenters. The number of carbonyl (C=O) groups is 1. The van der Waals surface area contributed by atoms with E-state index in [4.69, 9.17) is 14.6 Å². The molecule has 1 aliphatic rings. The minimum Gasteiger partial charge on any atom is -0.490 e. The van der Waals surface area contributed by atoms with E-state index in [9.17, 15) is 13.2 Å². The fourth-order valence-electron chi connectivity index (χ4n) is 2.56. The Morgan fingerprint density at radius 1 is 1.36 bits per heavy atom. The van der Waals surface area contributed by atoms with E-state index >= 15 is 0 Å². The van der Waals surface area contributed by atoms with Crippen LogP contribution in [0.1, 0.15) is 20.8 Å². The first-order chi connectivity index (χ1) is 11.5. The van der Waals surface area contributed by atoms with Crippen LogP contribution in [0.4, 0.5) is 4.79 Å². The smallest absolute Gasteiger partial charge is 0.410 e. The number of hydrogen-bond acceptors (Lipinski definition) is 6. The van der Waals surface area contributed by atoms with Crippen LogP contribution >= 0.6 is 11.3 Å². The average Bonchev–Trinajstić information content (AvgIpc) is 3.06. The molecule has 1 saturated heterocycles. The second-order valence-corrected chi connectivity index (χ2v) is 9.78. The molecule has 136 valence electrons. The van der Waals surface area contributed by atoms with Crippen molar-refractivity contribution in [2.45, 2.75) is 36.6 Å². The van der Waals surface area contributed by atoms with Crippen LogP contribution < -0.4 is 9.88 Å². The number of amides is 1. The third-order valence-electron chi connectivity index (χ3n) is 3.87. The summed E-state index contributed by atoms with van der Waals surface area (Å²) in [6.45, 7) is 6.55. The average molecular weight is 384 g/mol. The van der Waals surface area contributed by atoms with Gasteiger partial charge in [-0.05, 0) is 50.4 Å². The number of fused-ring (bicyclic) bond motifs is 1. The highest BCUT2D eigenvalue weighted by Crippen LogP contribution is 2.31. The van der Waals surface area contributed by atoms with Crippen LogP contribution in [0.3, 0.4) is 0 Å². The Bertz CT molecular complexity index is 914. The number of carbonyl (C=O) groups excluding carboxylic acids is 1. The van der Waals surface area contributed by atoms with Gasteiger partial charge in [-0.25, -0.2) is 18.4 Å². The molecule has 1 amide bonds. The van der Waals surface area contributed by atoms with Gasteiger partial charge < -0.3 is 9.47 Å². The summed E-state index contributed by atoms with van der Waals surface area (Å²) in [5.74, 6) is 0.584. The second-order valence-electron chi connectivity index (χ2n) is 6.91. The quantitative estimate of drug-likeness (QED) is 0.873. The zero-order valence-corrected chi connectivity index (χ0v) is 15.8. The lowest BCUT2D eigenvalue weighted by atomic mass is 10.1. The van der Waals surface area contributed by atoms with Gasteiger partial charge in [0.05, 0.1) is 6.54 Å². The predicted molar refractivity (Wildman–Crippen MR) is 95.4 cm³/mol. The molecule has 2 heterocycles. The zero-order valence-electron chi connectivity index (χ0n) is 14.2. The van der Waals surface area contributed by atoms with Gasteiger partial charge in [-0.15, -0.1) is 11.3 Å². The highest BCUT2D eigenvalue weighted by molar-refractivity contribution is 7.91. The van der Waals surface area contributed by atoms with Crippen LogP contribution in [0.5, 0.6) is 5.75 Å². The summed E-state index contributed by atoms with van der Waals surface area (Å²) in [6, 6.07) is 6.82. The number of nitrogens with two attached hydrogens (primary N) is 1. The predicted octanol–water partition coefficient (Wildman–Crippen LogP) is 2.55. The first-order valence-corrected chi connectivity index (χ1v) is 10.1. The summed E-state index contributed by atoms with van der Waals surface area (Å²) in [5.41, 5.74) is -0.300. The van der Waals surface area contributed by atoms with Crippen LogP contribution in [0.15, 0.2) is 28.5 Å². The number of thiophene rings is 1. The minimum atomic E-state index is -3.71. The number of nitrogens with zero attached hydrogens (tertiary/aromatic N) is 1. The first kappa shape index (κ1) is 18.0. The van der Waals surface area contributed by atoms with Crippen LogP contribution in [-0.2, 0) is 14.8 Å². The SMILES string of the molecule is CC(C)(C)N1C[C@@H](COc2ccc3cc(S(N)(=O)=O)sc3c2)OC1=O. The molecule has 7 nitrogen and oxygen atoms in total. The molecule has 9 heteroatoms. The summed E-state index contributed by atoms with van der Waals surface area (Å²) in [5, 5.41) is 5.94. The molecule has 25 heavy (non-hydrogen) atoms. The Labute approximate surface area is 150 Å². The van der Waals surface area contributed by atoms with Crippen molar-refractivity contribution < 1.29 is 22.7 Å². The first-order valence-electron chi connectivity index (χ1n) is 7.71. The van der Waals surface area contributed by atoms with Crippen LogP contribution in [0.25, 0.3) is 10.1 Å². The van der Waals surface area contributed by atoms with E-state index in [1.807, 2.05) is 20.8 Å². The molecule has 1 atom stereocenters. The molecule has 3 rings (SSSR count). The summed E-state index contributed by atoms with van der Waals surface area (Å²) >= 11 is 1.09. The van der Waals surface area contributed by atoms with Gasteiger partial charge >= 0.3 is 6.09 Å². The molecule has 1 aromatic carbocycles. The Hall–Kier alpha value is -1.84. The molecule has 0 aliphatic carbocycles. The van der Waals surface area contributed by atoms with Gasteiger partial charge in [0, 0.05) is 10.2 Å². The molecule has 1 fully saturated rings. The number of rotatable bonds is 4. The van der Waals surface area contributed by atoms with E-state index < -0.39 is 10.0 Å².